The Hall–Kier alpha value is -1.53. The largest absolute Gasteiger partial charge is 0.377 e. The van der Waals surface area contributed by atoms with E-state index in [9.17, 15) is 0 Å². The molecule has 1 fully saturated rings. The van der Waals surface area contributed by atoms with E-state index in [1.807, 2.05) is 18.2 Å². The third-order valence-electron chi connectivity index (χ3n) is 3.26. The first-order valence-electron chi connectivity index (χ1n) is 5.91. The van der Waals surface area contributed by atoms with Crippen LogP contribution in [0.2, 0.25) is 0 Å². The fourth-order valence-corrected chi connectivity index (χ4v) is 2.33. The Morgan fingerprint density at radius 1 is 1.41 bits per heavy atom. The van der Waals surface area contributed by atoms with Gasteiger partial charge in [-0.15, -0.1) is 0 Å². The Morgan fingerprint density at radius 2 is 2.18 bits per heavy atom. The fraction of sp³-hybridized carbons (Fsp3) is 0.500. The van der Waals surface area contributed by atoms with E-state index >= 15 is 0 Å². The molecule has 17 heavy (non-hydrogen) atoms. The number of morpholine rings is 1. The van der Waals surface area contributed by atoms with E-state index in [2.05, 4.69) is 31.7 Å². The smallest absolute Gasteiger partial charge is 0.0991 e. The van der Waals surface area contributed by atoms with E-state index in [0.29, 0.717) is 0 Å². The fourth-order valence-electron chi connectivity index (χ4n) is 2.33. The molecule has 0 aliphatic carbocycles. The van der Waals surface area contributed by atoms with Crippen LogP contribution in [0.25, 0.3) is 0 Å². The van der Waals surface area contributed by atoms with Crippen molar-refractivity contribution in [1.82, 2.24) is 0 Å². The molecule has 1 aromatic carbocycles. The molecule has 2 rings (SSSR count). The van der Waals surface area contributed by atoms with Crippen LogP contribution in [0, 0.1) is 18.3 Å². The van der Waals surface area contributed by atoms with Crippen LogP contribution in [-0.2, 0) is 4.74 Å². The molecule has 3 heteroatoms. The number of hydrogen-bond donors (Lipinski definition) is 0. The number of anilines is 1. The summed E-state index contributed by atoms with van der Waals surface area (Å²) in [7, 11) is 0. The molecule has 1 saturated heterocycles. The van der Waals surface area contributed by atoms with Gasteiger partial charge in [-0.05, 0) is 44.5 Å². The average Bonchev–Trinajstić information content (AvgIpc) is 2.29. The number of nitrogens with zero attached hydrogens (tertiary/aromatic N) is 2. The maximum atomic E-state index is 8.88. The Kier molecular flexibility index (Phi) is 3.08. The van der Waals surface area contributed by atoms with Crippen LogP contribution in [0.15, 0.2) is 18.2 Å². The summed E-state index contributed by atoms with van der Waals surface area (Å²) >= 11 is 0. The zero-order chi connectivity index (χ0) is 12.5. The van der Waals surface area contributed by atoms with Gasteiger partial charge in [-0.3, -0.25) is 0 Å². The van der Waals surface area contributed by atoms with Crippen molar-refractivity contribution >= 4 is 5.69 Å². The predicted molar refractivity (Wildman–Crippen MR) is 68.1 cm³/mol. The molecule has 0 N–H and O–H groups in total. The summed E-state index contributed by atoms with van der Waals surface area (Å²) in [4.78, 5) is 2.37. The van der Waals surface area contributed by atoms with Crippen molar-refractivity contribution in [3.8, 4) is 6.07 Å². The number of hydrogen-bond acceptors (Lipinski definition) is 3. The lowest BCUT2D eigenvalue weighted by molar-refractivity contribution is 0.0643. The van der Waals surface area contributed by atoms with Gasteiger partial charge in [-0.25, -0.2) is 0 Å². The first kappa shape index (κ1) is 11.9. The molecule has 0 spiro atoms. The van der Waals surface area contributed by atoms with Gasteiger partial charge in [-0.2, -0.15) is 5.26 Å². The number of ether oxygens (including phenoxy) is 1. The Balaban J connectivity index is 2.36. The van der Waals surface area contributed by atoms with Crippen molar-refractivity contribution in [3.05, 3.63) is 29.3 Å². The second-order valence-corrected chi connectivity index (χ2v) is 5.13. The SMILES string of the molecule is Cc1cc(C#N)ccc1N1CCOCC1(C)C. The molecule has 90 valence electrons. The summed E-state index contributed by atoms with van der Waals surface area (Å²) in [5, 5.41) is 8.88. The topological polar surface area (TPSA) is 36.3 Å². The molecule has 1 aromatic rings. The molecular weight excluding hydrogens is 212 g/mol. The van der Waals surface area contributed by atoms with Gasteiger partial charge in [0.1, 0.15) is 0 Å². The van der Waals surface area contributed by atoms with Crippen LogP contribution in [0.1, 0.15) is 25.0 Å². The lowest BCUT2D eigenvalue weighted by atomic mass is 9.99. The van der Waals surface area contributed by atoms with Crippen molar-refractivity contribution < 1.29 is 4.74 Å². The van der Waals surface area contributed by atoms with Crippen molar-refractivity contribution in [2.45, 2.75) is 26.3 Å². The van der Waals surface area contributed by atoms with E-state index in [0.717, 1.165) is 30.9 Å². The average molecular weight is 230 g/mol. The number of aryl methyl sites for hydroxylation is 1. The van der Waals surface area contributed by atoms with Crippen LogP contribution in [0.4, 0.5) is 5.69 Å². The molecule has 0 aromatic heterocycles. The minimum absolute atomic E-state index is 0.0111. The first-order chi connectivity index (χ1) is 8.04. The van der Waals surface area contributed by atoms with E-state index in [4.69, 9.17) is 10.00 Å². The van der Waals surface area contributed by atoms with Crippen molar-refractivity contribution in [2.24, 2.45) is 0 Å². The molecule has 0 saturated carbocycles. The van der Waals surface area contributed by atoms with Crippen LogP contribution >= 0.6 is 0 Å². The van der Waals surface area contributed by atoms with Gasteiger partial charge in [0.25, 0.3) is 0 Å². The van der Waals surface area contributed by atoms with Crippen molar-refractivity contribution in [2.75, 3.05) is 24.7 Å². The number of benzene rings is 1. The van der Waals surface area contributed by atoms with E-state index in [1.165, 1.54) is 5.69 Å². The van der Waals surface area contributed by atoms with E-state index in [-0.39, 0.29) is 5.54 Å². The van der Waals surface area contributed by atoms with Gasteiger partial charge < -0.3 is 9.64 Å². The van der Waals surface area contributed by atoms with Gasteiger partial charge in [0.2, 0.25) is 0 Å². The molecule has 1 aliphatic heterocycles. The van der Waals surface area contributed by atoms with Gasteiger partial charge in [-0.1, -0.05) is 0 Å². The molecule has 0 atom stereocenters. The number of nitriles is 1. The van der Waals surface area contributed by atoms with Gasteiger partial charge in [0.05, 0.1) is 30.4 Å². The maximum absolute atomic E-state index is 8.88. The summed E-state index contributed by atoms with van der Waals surface area (Å²) in [6.07, 6.45) is 0. The molecule has 0 radical (unpaired) electrons. The van der Waals surface area contributed by atoms with E-state index in [1.54, 1.807) is 0 Å². The zero-order valence-electron chi connectivity index (χ0n) is 10.7. The van der Waals surface area contributed by atoms with Crippen molar-refractivity contribution in [3.63, 3.8) is 0 Å². The van der Waals surface area contributed by atoms with E-state index < -0.39 is 0 Å². The number of rotatable bonds is 1. The third-order valence-corrected chi connectivity index (χ3v) is 3.26. The highest BCUT2D eigenvalue weighted by atomic mass is 16.5. The summed E-state index contributed by atoms with van der Waals surface area (Å²) in [6, 6.07) is 8.05. The quantitative estimate of drug-likeness (QED) is 0.743. The Labute approximate surface area is 103 Å². The summed E-state index contributed by atoms with van der Waals surface area (Å²) in [5.41, 5.74) is 3.09. The van der Waals surface area contributed by atoms with Crippen LogP contribution in [-0.4, -0.2) is 25.3 Å². The first-order valence-corrected chi connectivity index (χ1v) is 5.91. The summed E-state index contributed by atoms with van der Waals surface area (Å²) < 4.78 is 5.53. The summed E-state index contributed by atoms with van der Waals surface area (Å²) in [6.45, 7) is 8.84. The highest BCUT2D eigenvalue weighted by Gasteiger charge is 2.31. The third kappa shape index (κ3) is 2.27. The molecular formula is C14H18N2O. The molecule has 0 unspecified atom stereocenters. The monoisotopic (exact) mass is 230 g/mol. The van der Waals surface area contributed by atoms with Gasteiger partial charge >= 0.3 is 0 Å². The highest BCUT2D eigenvalue weighted by molar-refractivity contribution is 5.58. The summed E-state index contributed by atoms with van der Waals surface area (Å²) in [5.74, 6) is 0. The van der Waals surface area contributed by atoms with Crippen LogP contribution in [0.5, 0.6) is 0 Å². The van der Waals surface area contributed by atoms with Gasteiger partial charge in [0, 0.05) is 12.2 Å². The van der Waals surface area contributed by atoms with Crippen LogP contribution < -0.4 is 4.90 Å². The molecule has 0 amide bonds. The Bertz CT molecular complexity index is 460. The molecule has 3 nitrogen and oxygen atoms in total. The molecule has 0 bridgehead atoms. The lowest BCUT2D eigenvalue weighted by Gasteiger charge is -2.44. The predicted octanol–water partition coefficient (Wildman–Crippen LogP) is 2.48. The highest BCUT2D eigenvalue weighted by Crippen LogP contribution is 2.29. The normalized spacial score (nSPS) is 18.8. The second kappa shape index (κ2) is 4.38. The lowest BCUT2D eigenvalue weighted by Crippen LogP contribution is -2.53. The minimum Gasteiger partial charge on any atom is -0.377 e. The molecule has 1 aliphatic rings. The zero-order valence-corrected chi connectivity index (χ0v) is 10.7. The Morgan fingerprint density at radius 3 is 2.76 bits per heavy atom. The maximum Gasteiger partial charge on any atom is 0.0991 e. The minimum atomic E-state index is 0.0111. The van der Waals surface area contributed by atoms with Crippen molar-refractivity contribution in [1.29, 1.82) is 5.26 Å². The standard InChI is InChI=1S/C14H18N2O/c1-11-8-12(9-15)4-5-13(11)16-6-7-17-10-14(16,2)3/h4-5,8H,6-7,10H2,1-3H3. The molecule has 1 heterocycles. The van der Waals surface area contributed by atoms with Crippen LogP contribution in [0.3, 0.4) is 0 Å². The second-order valence-electron chi connectivity index (χ2n) is 5.13. The van der Waals surface area contributed by atoms with Gasteiger partial charge in [0.15, 0.2) is 0 Å².